The molecule has 4 rings (SSSR count). The van der Waals surface area contributed by atoms with Crippen LogP contribution in [0.1, 0.15) is 43.5 Å². The lowest BCUT2D eigenvalue weighted by atomic mass is 9.89. The van der Waals surface area contributed by atoms with Gasteiger partial charge in [0.25, 0.3) is 0 Å². The third-order valence-electron chi connectivity index (χ3n) is 8.19. The Morgan fingerprint density at radius 3 is 1.98 bits per heavy atom. The van der Waals surface area contributed by atoms with Crippen LogP contribution in [0.15, 0.2) is 103 Å². The van der Waals surface area contributed by atoms with Gasteiger partial charge in [-0.1, -0.05) is 110 Å². The Hall–Kier alpha value is -4.77. The molecule has 48 heavy (non-hydrogen) atoms. The van der Waals surface area contributed by atoms with Crippen molar-refractivity contribution in [2.45, 2.75) is 52.1 Å². The molecule has 0 radical (unpaired) electrons. The summed E-state index contributed by atoms with van der Waals surface area (Å²) < 4.78 is 12.0. The van der Waals surface area contributed by atoms with Gasteiger partial charge >= 0.3 is 6.09 Å². The van der Waals surface area contributed by atoms with Crippen molar-refractivity contribution in [2.75, 3.05) is 26.8 Å². The summed E-state index contributed by atoms with van der Waals surface area (Å²) in [4.78, 5) is 39.9. The van der Waals surface area contributed by atoms with Crippen LogP contribution in [0.4, 0.5) is 4.79 Å². The summed E-state index contributed by atoms with van der Waals surface area (Å²) in [5.74, 6) is -1.18. The monoisotopic (exact) mass is 654 g/mol. The van der Waals surface area contributed by atoms with Crippen LogP contribution in [0.3, 0.4) is 0 Å². The molecule has 3 atom stereocenters. The van der Waals surface area contributed by atoms with Gasteiger partial charge in [-0.25, -0.2) is 14.8 Å². The lowest BCUT2D eigenvalue weighted by Crippen LogP contribution is -2.54. The van der Waals surface area contributed by atoms with Gasteiger partial charge in [0.05, 0.1) is 19.1 Å². The quantitative estimate of drug-likeness (QED) is 0.0975. The number of carbonyl (C=O) groups excluding carboxylic acids is 2. The first-order chi connectivity index (χ1) is 23.2. The summed E-state index contributed by atoms with van der Waals surface area (Å²) in [6.45, 7) is 6.44. The Kier molecular flexibility index (Phi) is 13.5. The van der Waals surface area contributed by atoms with Crippen LogP contribution in [-0.4, -0.2) is 72.2 Å². The van der Waals surface area contributed by atoms with Crippen molar-refractivity contribution >= 4 is 28.7 Å². The fourth-order valence-electron chi connectivity index (χ4n) is 5.79. The van der Waals surface area contributed by atoms with Gasteiger partial charge in [-0.3, -0.25) is 9.59 Å². The maximum Gasteiger partial charge on any atom is 0.422 e. The van der Waals surface area contributed by atoms with Crippen LogP contribution in [0.5, 0.6) is 0 Å². The van der Waals surface area contributed by atoms with Gasteiger partial charge in [0.1, 0.15) is 6.04 Å². The SMILES string of the molecule is CCOC(OCC)[C@@H](C)[C@H](NC(=O)C(Cc1ccccc1)NC(=O)CN(C)N(Cc1ccccc1)C(=O)O)c1cccc2ccccc12. The summed E-state index contributed by atoms with van der Waals surface area (Å²) >= 11 is 0. The molecule has 0 heterocycles. The molecule has 254 valence electrons. The molecule has 1 unspecified atom stereocenters. The topological polar surface area (TPSA) is 120 Å². The summed E-state index contributed by atoms with van der Waals surface area (Å²) in [6, 6.07) is 31.1. The maximum absolute atomic E-state index is 14.3. The van der Waals surface area contributed by atoms with Gasteiger partial charge in [-0.2, -0.15) is 0 Å². The van der Waals surface area contributed by atoms with E-state index in [1.165, 1.54) is 12.1 Å². The summed E-state index contributed by atoms with van der Waals surface area (Å²) in [7, 11) is 1.53. The zero-order chi connectivity index (χ0) is 34.5. The number of carbonyl (C=O) groups is 3. The Bertz CT molecular complexity index is 1610. The normalized spacial score (nSPS) is 13.2. The van der Waals surface area contributed by atoms with Crippen LogP contribution in [-0.2, 0) is 32.0 Å². The fourth-order valence-corrected chi connectivity index (χ4v) is 5.79. The molecule has 3 N–H and O–H groups in total. The number of fused-ring (bicyclic) bond motifs is 1. The number of hydrogen-bond acceptors (Lipinski definition) is 6. The predicted molar refractivity (Wildman–Crippen MR) is 186 cm³/mol. The lowest BCUT2D eigenvalue weighted by molar-refractivity contribution is -0.170. The van der Waals surface area contributed by atoms with Gasteiger partial charge in [-0.05, 0) is 41.3 Å². The van der Waals surface area contributed by atoms with E-state index >= 15 is 0 Å². The van der Waals surface area contributed by atoms with Gasteiger partial charge in [0, 0.05) is 32.6 Å². The maximum atomic E-state index is 14.3. The Morgan fingerprint density at radius 2 is 1.35 bits per heavy atom. The third kappa shape index (κ3) is 9.87. The minimum Gasteiger partial charge on any atom is -0.464 e. The molecule has 0 spiro atoms. The molecule has 0 saturated heterocycles. The highest BCUT2D eigenvalue weighted by Gasteiger charge is 2.33. The average Bonchev–Trinajstić information content (AvgIpc) is 3.09. The highest BCUT2D eigenvalue weighted by Crippen LogP contribution is 2.32. The van der Waals surface area contributed by atoms with Gasteiger partial charge in [-0.15, -0.1) is 0 Å². The number of ether oxygens (including phenoxy) is 2. The molecule has 0 aliphatic heterocycles. The Morgan fingerprint density at radius 1 is 0.771 bits per heavy atom. The first-order valence-electron chi connectivity index (χ1n) is 16.3. The fraction of sp³-hybridized carbons (Fsp3) is 0.342. The minimum absolute atomic E-state index is 0.0688. The predicted octanol–water partition coefficient (Wildman–Crippen LogP) is 5.79. The smallest absolute Gasteiger partial charge is 0.422 e. The molecule has 0 aromatic heterocycles. The van der Waals surface area contributed by atoms with Crippen molar-refractivity contribution in [3.63, 3.8) is 0 Å². The van der Waals surface area contributed by atoms with E-state index in [1.54, 1.807) is 0 Å². The number of nitrogens with zero attached hydrogens (tertiary/aromatic N) is 2. The number of likely N-dealkylation sites (N-methyl/N-ethyl adjacent to an activating group) is 1. The highest BCUT2D eigenvalue weighted by atomic mass is 16.7. The van der Waals surface area contributed by atoms with E-state index < -0.39 is 30.4 Å². The van der Waals surface area contributed by atoms with Crippen LogP contribution in [0, 0.1) is 5.92 Å². The van der Waals surface area contributed by atoms with Crippen molar-refractivity contribution in [2.24, 2.45) is 5.92 Å². The second-order valence-electron chi connectivity index (χ2n) is 11.6. The number of hydrazine groups is 1. The van der Waals surface area contributed by atoms with Crippen molar-refractivity contribution in [1.29, 1.82) is 0 Å². The number of hydrogen-bond donors (Lipinski definition) is 3. The molecule has 0 bridgehead atoms. The first kappa shape index (κ1) is 36.1. The number of nitrogens with one attached hydrogen (secondary N) is 2. The van der Waals surface area contributed by atoms with E-state index in [4.69, 9.17) is 9.47 Å². The third-order valence-corrected chi connectivity index (χ3v) is 8.19. The van der Waals surface area contributed by atoms with E-state index in [2.05, 4.69) is 10.6 Å². The average molecular weight is 655 g/mol. The van der Waals surface area contributed by atoms with Crippen LogP contribution in [0.2, 0.25) is 0 Å². The summed E-state index contributed by atoms with van der Waals surface area (Å²) in [5, 5.41) is 20.5. The van der Waals surface area contributed by atoms with E-state index in [0.29, 0.717) is 13.2 Å². The van der Waals surface area contributed by atoms with Gasteiger partial charge in [0.15, 0.2) is 6.29 Å². The molecule has 0 fully saturated rings. The highest BCUT2D eigenvalue weighted by molar-refractivity contribution is 5.90. The molecule has 10 nitrogen and oxygen atoms in total. The van der Waals surface area contributed by atoms with Gasteiger partial charge in [0.2, 0.25) is 11.8 Å². The number of rotatable bonds is 17. The molecule has 0 aliphatic carbocycles. The van der Waals surface area contributed by atoms with Crippen molar-refractivity contribution in [3.8, 4) is 0 Å². The van der Waals surface area contributed by atoms with Crippen LogP contribution >= 0.6 is 0 Å². The molecule has 0 saturated carbocycles. The van der Waals surface area contributed by atoms with E-state index in [9.17, 15) is 19.5 Å². The number of benzene rings is 4. The molecule has 4 aromatic rings. The second-order valence-corrected chi connectivity index (χ2v) is 11.6. The van der Waals surface area contributed by atoms with Crippen LogP contribution in [0.25, 0.3) is 10.8 Å². The van der Waals surface area contributed by atoms with Crippen LogP contribution < -0.4 is 10.6 Å². The molecular weight excluding hydrogens is 608 g/mol. The standard InChI is InChI=1S/C38H46N4O6/c1-5-47-37(48-6-2)27(3)35(32-23-15-21-30-20-13-14-22-31(30)32)40-36(44)33(24-28-16-9-7-10-17-28)39-34(43)26-41(4)42(38(45)46)25-29-18-11-8-12-19-29/h7-23,27,33,35,37H,5-6,24-26H2,1-4H3,(H,39,43)(H,40,44)(H,45,46)/t27-,33?,35-/m0/s1. The zero-order valence-corrected chi connectivity index (χ0v) is 28.0. The van der Waals surface area contributed by atoms with Crippen molar-refractivity contribution < 1.29 is 29.0 Å². The largest absolute Gasteiger partial charge is 0.464 e. The molecule has 0 aliphatic rings. The molecule has 3 amide bonds. The molecular formula is C38H46N4O6. The van der Waals surface area contributed by atoms with E-state index in [0.717, 1.165) is 32.5 Å². The zero-order valence-electron chi connectivity index (χ0n) is 28.0. The molecule has 10 heteroatoms. The Balaban J connectivity index is 1.61. The summed E-state index contributed by atoms with van der Waals surface area (Å²) in [6.07, 6.45) is -1.56. The lowest BCUT2D eigenvalue weighted by Gasteiger charge is -2.33. The second kappa shape index (κ2) is 18.0. The van der Waals surface area contributed by atoms with Crippen molar-refractivity contribution in [1.82, 2.24) is 20.7 Å². The van der Waals surface area contributed by atoms with E-state index in [1.807, 2.05) is 124 Å². The first-order valence-corrected chi connectivity index (χ1v) is 16.3. The van der Waals surface area contributed by atoms with Gasteiger partial charge < -0.3 is 25.2 Å². The minimum atomic E-state index is -1.20. The Labute approximate surface area is 282 Å². The number of carboxylic acid groups (broad SMARTS) is 1. The van der Waals surface area contributed by atoms with Crippen molar-refractivity contribution in [3.05, 3.63) is 120 Å². The summed E-state index contributed by atoms with van der Waals surface area (Å²) in [5.41, 5.74) is 2.54. The number of amides is 3. The molecule has 4 aromatic carbocycles. The van der Waals surface area contributed by atoms with E-state index in [-0.39, 0.29) is 31.3 Å².